The number of hydrazine groups is 1. The molecule has 4 saturated carbocycles. The van der Waals surface area contributed by atoms with Crippen LogP contribution < -0.4 is 15.6 Å². The fraction of sp³-hybridized carbons (Fsp3) is 0.636. The molecule has 5 heteroatoms. The van der Waals surface area contributed by atoms with Crippen LogP contribution in [0.2, 0.25) is 0 Å². The molecule has 4 aliphatic rings. The van der Waals surface area contributed by atoms with Crippen molar-refractivity contribution in [2.75, 3.05) is 7.11 Å². The molecule has 4 bridgehead atoms. The van der Waals surface area contributed by atoms with Crippen LogP contribution in [0.1, 0.15) is 56.9 Å². The molecule has 0 radical (unpaired) electrons. The molecule has 0 aromatic heterocycles. The van der Waals surface area contributed by atoms with E-state index in [0.29, 0.717) is 19.3 Å². The van der Waals surface area contributed by atoms with Crippen molar-refractivity contribution in [3.63, 3.8) is 0 Å². The number of aryl methyl sites for hydroxylation is 1. The smallest absolute Gasteiger partial charge is 0.238 e. The van der Waals surface area contributed by atoms with Crippen LogP contribution >= 0.6 is 0 Å². The van der Waals surface area contributed by atoms with Crippen LogP contribution in [-0.4, -0.2) is 18.9 Å². The third kappa shape index (κ3) is 4.12. The normalized spacial score (nSPS) is 30.8. The molecule has 5 nitrogen and oxygen atoms in total. The third-order valence-electron chi connectivity index (χ3n) is 6.86. The van der Waals surface area contributed by atoms with Crippen LogP contribution in [0.4, 0.5) is 0 Å². The summed E-state index contributed by atoms with van der Waals surface area (Å²) in [5, 5.41) is 0. The average Bonchev–Trinajstić information content (AvgIpc) is 2.63. The zero-order chi connectivity index (χ0) is 18.9. The minimum atomic E-state index is -0.167. The zero-order valence-corrected chi connectivity index (χ0v) is 16.1. The van der Waals surface area contributed by atoms with Gasteiger partial charge in [0.25, 0.3) is 0 Å². The summed E-state index contributed by atoms with van der Waals surface area (Å²) in [7, 11) is 1.63. The van der Waals surface area contributed by atoms with Crippen LogP contribution in [0.5, 0.6) is 5.75 Å². The Bertz CT molecular complexity index is 680. The maximum atomic E-state index is 12.5. The molecule has 0 unspecified atom stereocenters. The van der Waals surface area contributed by atoms with Crippen molar-refractivity contribution in [1.82, 2.24) is 10.9 Å². The topological polar surface area (TPSA) is 67.4 Å². The van der Waals surface area contributed by atoms with E-state index in [9.17, 15) is 9.59 Å². The number of hydrogen-bond donors (Lipinski definition) is 2. The van der Waals surface area contributed by atoms with Gasteiger partial charge in [0, 0.05) is 12.8 Å². The first kappa shape index (κ1) is 18.3. The van der Waals surface area contributed by atoms with Gasteiger partial charge in [0.05, 0.1) is 7.11 Å². The molecule has 2 N–H and O–H groups in total. The maximum Gasteiger partial charge on any atom is 0.238 e. The van der Waals surface area contributed by atoms with Gasteiger partial charge in [-0.3, -0.25) is 20.4 Å². The van der Waals surface area contributed by atoms with Gasteiger partial charge in [-0.2, -0.15) is 0 Å². The molecule has 0 spiro atoms. The highest BCUT2D eigenvalue weighted by molar-refractivity contribution is 5.82. The lowest BCUT2D eigenvalue weighted by Gasteiger charge is -2.56. The molecule has 0 atom stereocenters. The first-order valence-corrected chi connectivity index (χ1v) is 10.2. The number of ether oxygens (including phenoxy) is 1. The van der Waals surface area contributed by atoms with E-state index in [1.54, 1.807) is 7.11 Å². The predicted molar refractivity (Wildman–Crippen MR) is 103 cm³/mol. The van der Waals surface area contributed by atoms with Crippen molar-refractivity contribution in [2.45, 2.75) is 57.8 Å². The number of para-hydroxylation sites is 1. The highest BCUT2D eigenvalue weighted by Crippen LogP contribution is 2.61. The lowest BCUT2D eigenvalue weighted by Crippen LogP contribution is -2.50. The molecule has 1 aromatic carbocycles. The molecule has 146 valence electrons. The molecule has 4 aliphatic carbocycles. The summed E-state index contributed by atoms with van der Waals surface area (Å²) in [6.07, 6.45) is 9.19. The van der Waals surface area contributed by atoms with E-state index in [-0.39, 0.29) is 17.2 Å². The summed E-state index contributed by atoms with van der Waals surface area (Å²) in [6, 6.07) is 7.69. The van der Waals surface area contributed by atoms with Crippen LogP contribution in [0, 0.1) is 23.2 Å². The monoisotopic (exact) mass is 370 g/mol. The second-order valence-electron chi connectivity index (χ2n) is 9.00. The number of hydrogen-bond acceptors (Lipinski definition) is 3. The largest absolute Gasteiger partial charge is 0.496 e. The van der Waals surface area contributed by atoms with Crippen molar-refractivity contribution in [1.29, 1.82) is 0 Å². The van der Waals surface area contributed by atoms with E-state index in [2.05, 4.69) is 10.9 Å². The Hall–Kier alpha value is -2.04. The maximum absolute atomic E-state index is 12.5. The minimum absolute atomic E-state index is 0.0393. The van der Waals surface area contributed by atoms with Crippen molar-refractivity contribution in [3.05, 3.63) is 29.8 Å². The summed E-state index contributed by atoms with van der Waals surface area (Å²) in [5.74, 6) is 3.08. The summed E-state index contributed by atoms with van der Waals surface area (Å²) >= 11 is 0. The highest BCUT2D eigenvalue weighted by Gasteiger charge is 2.51. The van der Waals surface area contributed by atoms with Crippen molar-refractivity contribution < 1.29 is 14.3 Å². The van der Waals surface area contributed by atoms with E-state index in [0.717, 1.165) is 29.1 Å². The second-order valence-corrected chi connectivity index (χ2v) is 9.00. The molecule has 0 aliphatic heterocycles. The number of carbonyl (C=O) groups is 2. The first-order valence-electron chi connectivity index (χ1n) is 10.2. The average molecular weight is 370 g/mol. The van der Waals surface area contributed by atoms with Crippen molar-refractivity contribution in [2.24, 2.45) is 23.2 Å². The minimum Gasteiger partial charge on any atom is -0.496 e. The Morgan fingerprint density at radius 3 is 2.22 bits per heavy atom. The summed E-state index contributed by atoms with van der Waals surface area (Å²) < 4.78 is 5.31. The molecule has 5 rings (SSSR count). The summed E-state index contributed by atoms with van der Waals surface area (Å²) in [6.45, 7) is 0. The number of benzene rings is 1. The molecule has 1 aromatic rings. The van der Waals surface area contributed by atoms with Crippen LogP contribution in [0.15, 0.2) is 24.3 Å². The lowest BCUT2D eigenvalue weighted by molar-refractivity contribution is -0.134. The molecular weight excluding hydrogens is 340 g/mol. The van der Waals surface area contributed by atoms with Gasteiger partial charge in [0.1, 0.15) is 5.75 Å². The van der Waals surface area contributed by atoms with Gasteiger partial charge in [0.15, 0.2) is 0 Å². The summed E-state index contributed by atoms with van der Waals surface area (Å²) in [5.41, 5.74) is 6.44. The van der Waals surface area contributed by atoms with E-state index in [1.165, 1.54) is 38.5 Å². The number of rotatable bonds is 6. The second kappa shape index (κ2) is 7.53. The fourth-order valence-corrected chi connectivity index (χ4v) is 6.25. The Kier molecular flexibility index (Phi) is 5.11. The predicted octanol–water partition coefficient (Wildman–Crippen LogP) is 3.38. The van der Waals surface area contributed by atoms with E-state index in [1.807, 2.05) is 24.3 Å². The quantitative estimate of drug-likeness (QED) is 0.755. The van der Waals surface area contributed by atoms with Gasteiger partial charge in [-0.15, -0.1) is 0 Å². The third-order valence-corrected chi connectivity index (χ3v) is 6.86. The van der Waals surface area contributed by atoms with E-state index >= 15 is 0 Å². The fourth-order valence-electron chi connectivity index (χ4n) is 6.25. The van der Waals surface area contributed by atoms with Gasteiger partial charge in [0.2, 0.25) is 11.8 Å². The molecule has 27 heavy (non-hydrogen) atoms. The van der Waals surface area contributed by atoms with Gasteiger partial charge in [-0.05, 0) is 79.7 Å². The molecule has 0 heterocycles. The first-order chi connectivity index (χ1) is 13.0. The number of carbonyl (C=O) groups excluding carboxylic acids is 2. The molecule has 2 amide bonds. The van der Waals surface area contributed by atoms with Crippen LogP contribution in [0.25, 0.3) is 0 Å². The van der Waals surface area contributed by atoms with Crippen LogP contribution in [-0.2, 0) is 16.0 Å². The standard InChI is InChI=1S/C22H30N2O3/c1-27-19-5-3-2-4-18(19)6-7-20(25)23-24-21(26)14-22-11-15-8-16(12-22)10-17(9-15)13-22/h2-5,15-17H,6-14H2,1H3,(H,23,25)(H,24,26). The molecule has 0 saturated heterocycles. The number of amides is 2. The van der Waals surface area contributed by atoms with Crippen molar-refractivity contribution in [3.8, 4) is 5.75 Å². The summed E-state index contributed by atoms with van der Waals surface area (Å²) in [4.78, 5) is 24.6. The Balaban J connectivity index is 1.23. The van der Waals surface area contributed by atoms with Crippen LogP contribution in [0.3, 0.4) is 0 Å². The lowest BCUT2D eigenvalue weighted by atomic mass is 9.49. The van der Waals surface area contributed by atoms with Gasteiger partial charge in [-0.1, -0.05) is 18.2 Å². The van der Waals surface area contributed by atoms with Gasteiger partial charge in [-0.25, -0.2) is 0 Å². The number of nitrogens with one attached hydrogen (secondary N) is 2. The zero-order valence-electron chi connectivity index (χ0n) is 16.1. The Labute approximate surface area is 161 Å². The van der Waals surface area contributed by atoms with Gasteiger partial charge >= 0.3 is 0 Å². The molecule has 4 fully saturated rings. The van der Waals surface area contributed by atoms with Crippen molar-refractivity contribution >= 4 is 11.8 Å². The van der Waals surface area contributed by atoms with E-state index in [4.69, 9.17) is 4.74 Å². The molecular formula is C22H30N2O3. The Morgan fingerprint density at radius 1 is 1.00 bits per heavy atom. The Morgan fingerprint density at radius 2 is 1.59 bits per heavy atom. The van der Waals surface area contributed by atoms with E-state index < -0.39 is 0 Å². The highest BCUT2D eigenvalue weighted by atomic mass is 16.5. The number of methoxy groups -OCH3 is 1. The SMILES string of the molecule is COc1ccccc1CCC(=O)NNC(=O)CC12CC3CC(CC(C3)C1)C2. The van der Waals surface area contributed by atoms with Gasteiger partial charge < -0.3 is 4.74 Å².